The van der Waals surface area contributed by atoms with Crippen LogP contribution in [-0.2, 0) is 11.2 Å². The molecule has 0 radical (unpaired) electrons. The van der Waals surface area contributed by atoms with Crippen LogP contribution in [0.5, 0.6) is 11.5 Å². The number of hydrogen-bond acceptors (Lipinski definition) is 3. The molecular formula is C16H13ClFNO3. The molecule has 1 amide bonds. The number of nitrogens with one attached hydrogen (secondary N) is 1. The van der Waals surface area contributed by atoms with Gasteiger partial charge in [-0.1, -0.05) is 17.7 Å². The molecule has 114 valence electrons. The SMILES string of the molecule is O=C(Cc1ccc2c(c1)OCCO2)Nc1cc(Cl)ccc1F. The Bertz CT molecular complexity index is 721. The van der Waals surface area contributed by atoms with Crippen LogP contribution in [0, 0.1) is 5.82 Å². The number of halogens is 2. The van der Waals surface area contributed by atoms with Crippen LogP contribution >= 0.6 is 11.6 Å². The van der Waals surface area contributed by atoms with E-state index < -0.39 is 5.82 Å². The van der Waals surface area contributed by atoms with Gasteiger partial charge in [0.05, 0.1) is 12.1 Å². The Labute approximate surface area is 131 Å². The topological polar surface area (TPSA) is 47.6 Å². The summed E-state index contributed by atoms with van der Waals surface area (Å²) < 4.78 is 24.5. The summed E-state index contributed by atoms with van der Waals surface area (Å²) in [5, 5.41) is 2.87. The zero-order valence-electron chi connectivity index (χ0n) is 11.6. The molecule has 1 N–H and O–H groups in total. The number of hydrogen-bond donors (Lipinski definition) is 1. The average molecular weight is 322 g/mol. The van der Waals surface area contributed by atoms with Crippen molar-refractivity contribution in [3.8, 4) is 11.5 Å². The Morgan fingerprint density at radius 2 is 1.91 bits per heavy atom. The second-order valence-corrected chi connectivity index (χ2v) is 5.26. The predicted molar refractivity (Wildman–Crippen MR) is 81.2 cm³/mol. The number of rotatable bonds is 3. The van der Waals surface area contributed by atoms with E-state index in [-0.39, 0.29) is 18.0 Å². The lowest BCUT2D eigenvalue weighted by Gasteiger charge is -2.18. The van der Waals surface area contributed by atoms with E-state index in [2.05, 4.69) is 5.32 Å². The van der Waals surface area contributed by atoms with Crippen molar-refractivity contribution in [2.45, 2.75) is 6.42 Å². The summed E-state index contributed by atoms with van der Waals surface area (Å²) in [5.74, 6) is 0.416. The Morgan fingerprint density at radius 1 is 1.14 bits per heavy atom. The van der Waals surface area contributed by atoms with Gasteiger partial charge >= 0.3 is 0 Å². The zero-order valence-corrected chi connectivity index (χ0v) is 12.3. The Kier molecular flexibility index (Phi) is 4.15. The van der Waals surface area contributed by atoms with Crippen molar-refractivity contribution in [3.63, 3.8) is 0 Å². The maximum absolute atomic E-state index is 13.6. The minimum absolute atomic E-state index is 0.0649. The first-order valence-corrected chi connectivity index (χ1v) is 7.13. The number of benzene rings is 2. The van der Waals surface area contributed by atoms with E-state index in [9.17, 15) is 9.18 Å². The lowest BCUT2D eigenvalue weighted by molar-refractivity contribution is -0.115. The van der Waals surface area contributed by atoms with Gasteiger partial charge in [-0.2, -0.15) is 0 Å². The number of anilines is 1. The molecule has 6 heteroatoms. The van der Waals surface area contributed by atoms with E-state index in [0.29, 0.717) is 29.7 Å². The van der Waals surface area contributed by atoms with Crippen molar-refractivity contribution in [2.24, 2.45) is 0 Å². The third-order valence-electron chi connectivity index (χ3n) is 3.17. The van der Waals surface area contributed by atoms with Gasteiger partial charge in [0.2, 0.25) is 5.91 Å². The van der Waals surface area contributed by atoms with E-state index in [4.69, 9.17) is 21.1 Å². The number of carbonyl (C=O) groups is 1. The Balaban J connectivity index is 1.70. The standard InChI is InChI=1S/C16H13ClFNO3/c17-11-2-3-12(18)13(9-11)19-16(20)8-10-1-4-14-15(7-10)22-6-5-21-14/h1-4,7,9H,5-6,8H2,(H,19,20). The monoisotopic (exact) mass is 321 g/mol. The molecule has 0 aliphatic carbocycles. The van der Waals surface area contributed by atoms with Gasteiger partial charge in [-0.15, -0.1) is 0 Å². The first kappa shape index (κ1) is 14.7. The summed E-state index contributed by atoms with van der Waals surface area (Å²) >= 11 is 5.79. The molecule has 1 aliphatic rings. The summed E-state index contributed by atoms with van der Waals surface area (Å²) in [7, 11) is 0. The molecule has 2 aromatic carbocycles. The fraction of sp³-hybridized carbons (Fsp3) is 0.188. The van der Waals surface area contributed by atoms with Crippen LogP contribution in [0.25, 0.3) is 0 Å². The van der Waals surface area contributed by atoms with Crippen molar-refractivity contribution in [1.29, 1.82) is 0 Å². The summed E-state index contributed by atoms with van der Waals surface area (Å²) in [4.78, 5) is 12.0. The molecular weight excluding hydrogens is 309 g/mol. The second kappa shape index (κ2) is 6.23. The van der Waals surface area contributed by atoms with Gasteiger partial charge in [0.1, 0.15) is 19.0 Å². The molecule has 0 saturated carbocycles. The molecule has 0 saturated heterocycles. The Morgan fingerprint density at radius 3 is 2.73 bits per heavy atom. The molecule has 4 nitrogen and oxygen atoms in total. The molecule has 2 aromatic rings. The van der Waals surface area contributed by atoms with Crippen LogP contribution in [0.2, 0.25) is 5.02 Å². The predicted octanol–water partition coefficient (Wildman–Crippen LogP) is 3.43. The number of carbonyl (C=O) groups excluding carboxylic acids is 1. The summed E-state index contributed by atoms with van der Waals surface area (Å²) in [6.45, 7) is 0.997. The quantitative estimate of drug-likeness (QED) is 0.942. The van der Waals surface area contributed by atoms with Gasteiger partial charge in [-0.05, 0) is 35.9 Å². The third-order valence-corrected chi connectivity index (χ3v) is 3.41. The largest absolute Gasteiger partial charge is 0.486 e. The van der Waals surface area contributed by atoms with Crippen LogP contribution in [-0.4, -0.2) is 19.1 Å². The van der Waals surface area contributed by atoms with Gasteiger partial charge < -0.3 is 14.8 Å². The number of ether oxygens (including phenoxy) is 2. The van der Waals surface area contributed by atoms with Gasteiger partial charge in [0, 0.05) is 5.02 Å². The molecule has 0 unspecified atom stereocenters. The maximum Gasteiger partial charge on any atom is 0.228 e. The molecule has 0 bridgehead atoms. The van der Waals surface area contributed by atoms with Gasteiger partial charge in [-0.25, -0.2) is 4.39 Å². The number of fused-ring (bicyclic) bond motifs is 1. The smallest absolute Gasteiger partial charge is 0.228 e. The van der Waals surface area contributed by atoms with Crippen LogP contribution in [0.3, 0.4) is 0 Å². The van der Waals surface area contributed by atoms with Crippen molar-refractivity contribution < 1.29 is 18.7 Å². The van der Waals surface area contributed by atoms with Crippen LogP contribution in [0.15, 0.2) is 36.4 Å². The molecule has 1 aliphatic heterocycles. The number of amides is 1. The molecule has 0 atom stereocenters. The lowest BCUT2D eigenvalue weighted by Crippen LogP contribution is -2.17. The van der Waals surface area contributed by atoms with Crippen LogP contribution in [0.1, 0.15) is 5.56 Å². The zero-order chi connectivity index (χ0) is 15.5. The first-order chi connectivity index (χ1) is 10.6. The molecule has 0 aromatic heterocycles. The summed E-state index contributed by atoms with van der Waals surface area (Å²) in [6, 6.07) is 9.30. The van der Waals surface area contributed by atoms with Crippen LogP contribution < -0.4 is 14.8 Å². The molecule has 1 heterocycles. The van der Waals surface area contributed by atoms with E-state index in [1.165, 1.54) is 18.2 Å². The average Bonchev–Trinajstić information content (AvgIpc) is 2.51. The minimum Gasteiger partial charge on any atom is -0.486 e. The molecule has 0 fully saturated rings. The molecule has 0 spiro atoms. The minimum atomic E-state index is -0.528. The van der Waals surface area contributed by atoms with Crippen molar-refractivity contribution in [1.82, 2.24) is 0 Å². The fourth-order valence-electron chi connectivity index (χ4n) is 2.17. The highest BCUT2D eigenvalue weighted by atomic mass is 35.5. The highest BCUT2D eigenvalue weighted by Gasteiger charge is 2.14. The van der Waals surface area contributed by atoms with E-state index in [1.54, 1.807) is 18.2 Å². The van der Waals surface area contributed by atoms with E-state index >= 15 is 0 Å². The highest BCUT2D eigenvalue weighted by molar-refractivity contribution is 6.30. The summed E-state index contributed by atoms with van der Waals surface area (Å²) in [6.07, 6.45) is 0.0998. The first-order valence-electron chi connectivity index (χ1n) is 6.75. The third kappa shape index (κ3) is 3.31. The maximum atomic E-state index is 13.6. The van der Waals surface area contributed by atoms with Crippen molar-refractivity contribution >= 4 is 23.2 Å². The van der Waals surface area contributed by atoms with Gasteiger partial charge in [0.25, 0.3) is 0 Å². The second-order valence-electron chi connectivity index (χ2n) is 4.83. The van der Waals surface area contributed by atoms with Gasteiger partial charge in [-0.3, -0.25) is 4.79 Å². The highest BCUT2D eigenvalue weighted by Crippen LogP contribution is 2.31. The van der Waals surface area contributed by atoms with E-state index in [0.717, 1.165) is 5.56 Å². The molecule has 22 heavy (non-hydrogen) atoms. The van der Waals surface area contributed by atoms with Crippen LogP contribution in [0.4, 0.5) is 10.1 Å². The lowest BCUT2D eigenvalue weighted by atomic mass is 10.1. The normalized spacial score (nSPS) is 12.8. The Hall–Kier alpha value is -2.27. The fourth-order valence-corrected chi connectivity index (χ4v) is 2.34. The summed E-state index contributed by atoms with van der Waals surface area (Å²) in [5.41, 5.74) is 0.819. The van der Waals surface area contributed by atoms with Crippen molar-refractivity contribution in [3.05, 3.63) is 52.8 Å². The van der Waals surface area contributed by atoms with Gasteiger partial charge in [0.15, 0.2) is 11.5 Å². The molecule has 3 rings (SSSR count). The van der Waals surface area contributed by atoms with E-state index in [1.807, 2.05) is 0 Å². The van der Waals surface area contributed by atoms with Crippen molar-refractivity contribution in [2.75, 3.05) is 18.5 Å².